The molecule has 8 heteroatoms. The van der Waals surface area contributed by atoms with E-state index in [0.29, 0.717) is 17.3 Å². The minimum Gasteiger partial charge on any atom is -0.343 e. The van der Waals surface area contributed by atoms with Gasteiger partial charge in [-0.2, -0.15) is 15.6 Å². The average molecular weight is 353 g/mol. The van der Waals surface area contributed by atoms with Gasteiger partial charge in [0.25, 0.3) is 0 Å². The molecule has 0 atom stereocenters. The molecule has 2 aromatic heterocycles. The summed E-state index contributed by atoms with van der Waals surface area (Å²) in [4.78, 5) is 0. The number of nitriles is 1. The second-order valence-electron chi connectivity index (χ2n) is 5.67. The van der Waals surface area contributed by atoms with Gasteiger partial charge in [0.2, 0.25) is 0 Å². The monoisotopic (exact) mass is 353 g/mol. The molecule has 4 aromatic rings. The van der Waals surface area contributed by atoms with Gasteiger partial charge in [-0.3, -0.25) is 0 Å². The molecule has 0 radical (unpaired) electrons. The Bertz CT molecular complexity index is 1170. The summed E-state index contributed by atoms with van der Waals surface area (Å²) >= 11 is 0. The fraction of sp³-hybridized carbons (Fsp3) is 0.0556. The first kappa shape index (κ1) is 15.9. The Morgan fingerprint density at radius 2 is 1.85 bits per heavy atom. The lowest BCUT2D eigenvalue weighted by molar-refractivity contribution is 0.488. The second kappa shape index (κ2) is 6.04. The molecule has 0 aliphatic heterocycles. The van der Waals surface area contributed by atoms with Gasteiger partial charge in [-0.1, -0.05) is 12.1 Å². The highest BCUT2D eigenvalue weighted by molar-refractivity contribution is 5.95. The minimum atomic E-state index is -1.22. The van der Waals surface area contributed by atoms with Crippen molar-refractivity contribution in [2.45, 2.75) is 6.54 Å². The molecule has 1 N–H and O–H groups in total. The van der Waals surface area contributed by atoms with Gasteiger partial charge < -0.3 is 4.57 Å². The normalized spacial score (nSPS) is 11.0. The molecule has 5 nitrogen and oxygen atoms in total. The van der Waals surface area contributed by atoms with E-state index in [1.54, 1.807) is 29.0 Å². The molecule has 0 saturated heterocycles. The van der Waals surface area contributed by atoms with Crippen molar-refractivity contribution in [3.63, 3.8) is 0 Å². The maximum Gasteiger partial charge on any atom is 0.190 e. The molecule has 0 saturated carbocycles. The second-order valence-corrected chi connectivity index (χ2v) is 5.67. The van der Waals surface area contributed by atoms with E-state index < -0.39 is 17.5 Å². The Morgan fingerprint density at radius 3 is 2.65 bits per heavy atom. The zero-order chi connectivity index (χ0) is 18.3. The number of benzene rings is 2. The van der Waals surface area contributed by atoms with Gasteiger partial charge in [-0.15, -0.1) is 5.10 Å². The Kier molecular flexibility index (Phi) is 3.69. The SMILES string of the molecule is N#Cc1n[nH]nc1-c1cccc2c1ccn2Cc1cc(F)c(F)cc1F. The van der Waals surface area contributed by atoms with Crippen LogP contribution >= 0.6 is 0 Å². The topological polar surface area (TPSA) is 70.3 Å². The smallest absolute Gasteiger partial charge is 0.190 e. The van der Waals surface area contributed by atoms with E-state index in [9.17, 15) is 13.2 Å². The Morgan fingerprint density at radius 1 is 1.04 bits per heavy atom. The highest BCUT2D eigenvalue weighted by atomic mass is 19.2. The van der Waals surface area contributed by atoms with Gasteiger partial charge in [0.05, 0.1) is 6.54 Å². The first-order valence-electron chi connectivity index (χ1n) is 7.61. The number of aromatic nitrogens is 4. The number of aromatic amines is 1. The summed E-state index contributed by atoms with van der Waals surface area (Å²) < 4.78 is 42.2. The van der Waals surface area contributed by atoms with Crippen LogP contribution in [0.4, 0.5) is 13.2 Å². The molecule has 0 fully saturated rings. The van der Waals surface area contributed by atoms with E-state index >= 15 is 0 Å². The number of H-pyrrole nitrogens is 1. The third-order valence-corrected chi connectivity index (χ3v) is 4.15. The number of nitrogens with one attached hydrogen (secondary N) is 1. The zero-order valence-corrected chi connectivity index (χ0v) is 13.2. The van der Waals surface area contributed by atoms with Gasteiger partial charge in [-0.05, 0) is 18.2 Å². The van der Waals surface area contributed by atoms with Crippen LogP contribution in [0.5, 0.6) is 0 Å². The summed E-state index contributed by atoms with van der Waals surface area (Å²) in [6, 6.07) is 10.5. The fourth-order valence-corrected chi connectivity index (χ4v) is 2.93. The number of halogens is 3. The Hall–Kier alpha value is -3.60. The van der Waals surface area contributed by atoms with Crippen molar-refractivity contribution in [1.82, 2.24) is 20.0 Å². The van der Waals surface area contributed by atoms with Crippen LogP contribution < -0.4 is 0 Å². The van der Waals surface area contributed by atoms with E-state index in [0.717, 1.165) is 17.0 Å². The molecular weight excluding hydrogens is 343 g/mol. The average Bonchev–Trinajstić information content (AvgIpc) is 3.26. The van der Waals surface area contributed by atoms with Crippen LogP contribution in [0.15, 0.2) is 42.6 Å². The molecule has 0 bridgehead atoms. The summed E-state index contributed by atoms with van der Waals surface area (Å²) in [5.74, 6) is -3.13. The van der Waals surface area contributed by atoms with Crippen molar-refractivity contribution < 1.29 is 13.2 Å². The number of hydrogen-bond donors (Lipinski definition) is 1. The van der Waals surface area contributed by atoms with Gasteiger partial charge in [0, 0.05) is 34.3 Å². The van der Waals surface area contributed by atoms with Crippen LogP contribution in [0.2, 0.25) is 0 Å². The zero-order valence-electron chi connectivity index (χ0n) is 13.2. The van der Waals surface area contributed by atoms with E-state index in [1.807, 2.05) is 12.1 Å². The third-order valence-electron chi connectivity index (χ3n) is 4.15. The van der Waals surface area contributed by atoms with Gasteiger partial charge in [0.15, 0.2) is 17.3 Å². The fourth-order valence-electron chi connectivity index (χ4n) is 2.93. The van der Waals surface area contributed by atoms with Crippen LogP contribution in [-0.2, 0) is 6.54 Å². The van der Waals surface area contributed by atoms with Crippen LogP contribution in [0.25, 0.3) is 22.2 Å². The maximum absolute atomic E-state index is 13.9. The standard InChI is InChI=1S/C18H10F3N5/c19-13-7-15(21)14(20)6-10(13)9-26-5-4-11-12(2-1-3-17(11)26)18-16(8-22)23-25-24-18/h1-7H,9H2,(H,23,24,25). The molecule has 128 valence electrons. The van der Waals surface area contributed by atoms with Crippen LogP contribution in [0.1, 0.15) is 11.3 Å². The molecule has 0 amide bonds. The van der Waals surface area contributed by atoms with Gasteiger partial charge >= 0.3 is 0 Å². The van der Waals surface area contributed by atoms with Crippen LogP contribution in [0.3, 0.4) is 0 Å². The van der Waals surface area contributed by atoms with Crippen molar-refractivity contribution in [3.8, 4) is 17.3 Å². The molecule has 4 rings (SSSR count). The van der Waals surface area contributed by atoms with Gasteiger partial charge in [-0.25, -0.2) is 13.2 Å². The summed E-state index contributed by atoms with van der Waals surface area (Å²) in [5.41, 5.74) is 2.04. The lowest BCUT2D eigenvalue weighted by Gasteiger charge is -2.08. The summed E-state index contributed by atoms with van der Waals surface area (Å²) in [7, 11) is 0. The van der Waals surface area contributed by atoms with Crippen LogP contribution in [-0.4, -0.2) is 20.0 Å². The lowest BCUT2D eigenvalue weighted by atomic mass is 10.1. The number of fused-ring (bicyclic) bond motifs is 1. The molecule has 0 aliphatic carbocycles. The van der Waals surface area contributed by atoms with E-state index in [4.69, 9.17) is 5.26 Å². The minimum absolute atomic E-state index is 0.0277. The molecule has 0 spiro atoms. The highest BCUT2D eigenvalue weighted by Gasteiger charge is 2.16. The summed E-state index contributed by atoms with van der Waals surface area (Å²) in [5, 5.41) is 20.1. The highest BCUT2D eigenvalue weighted by Crippen LogP contribution is 2.30. The first-order valence-corrected chi connectivity index (χ1v) is 7.61. The van der Waals surface area contributed by atoms with E-state index in [-0.39, 0.29) is 17.8 Å². The summed E-state index contributed by atoms with van der Waals surface area (Å²) in [6.45, 7) is 0.0277. The van der Waals surface area contributed by atoms with Crippen molar-refractivity contribution >= 4 is 10.9 Å². The molecule has 0 aliphatic rings. The molecule has 2 aromatic carbocycles. The molecular formula is C18H10F3N5. The molecule has 2 heterocycles. The van der Waals surface area contributed by atoms with Crippen molar-refractivity contribution in [2.75, 3.05) is 0 Å². The first-order chi connectivity index (χ1) is 12.6. The Labute approximate surface area is 145 Å². The quantitative estimate of drug-likeness (QED) is 0.570. The van der Waals surface area contributed by atoms with Crippen molar-refractivity contribution in [2.24, 2.45) is 0 Å². The molecule has 0 unspecified atom stereocenters. The third kappa shape index (κ3) is 2.50. The van der Waals surface area contributed by atoms with Crippen LogP contribution in [0, 0.1) is 28.8 Å². The lowest BCUT2D eigenvalue weighted by Crippen LogP contribution is -2.02. The number of hydrogen-bond acceptors (Lipinski definition) is 3. The van der Waals surface area contributed by atoms with Crippen molar-refractivity contribution in [1.29, 1.82) is 5.26 Å². The number of nitrogens with zero attached hydrogens (tertiary/aromatic N) is 4. The van der Waals surface area contributed by atoms with E-state index in [1.165, 1.54) is 0 Å². The predicted molar refractivity (Wildman–Crippen MR) is 87.4 cm³/mol. The molecule has 26 heavy (non-hydrogen) atoms. The summed E-state index contributed by atoms with van der Waals surface area (Å²) in [6.07, 6.45) is 1.71. The number of rotatable bonds is 3. The Balaban J connectivity index is 1.81. The van der Waals surface area contributed by atoms with E-state index in [2.05, 4.69) is 15.4 Å². The van der Waals surface area contributed by atoms with Gasteiger partial charge in [0.1, 0.15) is 17.6 Å². The largest absolute Gasteiger partial charge is 0.343 e. The van der Waals surface area contributed by atoms with Crippen molar-refractivity contribution in [3.05, 3.63) is 71.3 Å². The predicted octanol–water partition coefficient (Wildman–Crippen LogP) is 3.76. The maximum atomic E-state index is 13.9.